The highest BCUT2D eigenvalue weighted by Crippen LogP contribution is 2.27. The standard InChI is InChI=1S/C18H32N4O2.HI/c1-6-24-13-9-12-20-18(19-2)21-14-16(22(3)4)15-10-7-8-11-17(15)23-5;/h7-8,10-11,16H,6,9,12-14H2,1-5H3,(H2,19,20,21);1H. The van der Waals surface area contributed by atoms with Gasteiger partial charge in [0.05, 0.1) is 13.2 Å². The number of ether oxygens (including phenoxy) is 2. The lowest BCUT2D eigenvalue weighted by atomic mass is 10.0. The first kappa shape index (κ1) is 23.9. The second-order valence-electron chi connectivity index (χ2n) is 5.65. The van der Waals surface area contributed by atoms with E-state index in [2.05, 4.69) is 40.7 Å². The molecule has 144 valence electrons. The van der Waals surface area contributed by atoms with Crippen LogP contribution in [0, 0.1) is 0 Å². The van der Waals surface area contributed by atoms with Gasteiger partial charge >= 0.3 is 0 Å². The van der Waals surface area contributed by atoms with E-state index in [1.54, 1.807) is 14.2 Å². The van der Waals surface area contributed by atoms with Crippen LogP contribution in [0.2, 0.25) is 0 Å². The van der Waals surface area contributed by atoms with Gasteiger partial charge in [0.1, 0.15) is 5.75 Å². The van der Waals surface area contributed by atoms with Crippen LogP contribution in [0.1, 0.15) is 24.9 Å². The average Bonchev–Trinajstić information content (AvgIpc) is 2.60. The number of hydrogen-bond donors (Lipinski definition) is 2. The Labute approximate surface area is 169 Å². The highest BCUT2D eigenvalue weighted by Gasteiger charge is 2.18. The van der Waals surface area contributed by atoms with Crippen LogP contribution >= 0.6 is 24.0 Å². The second kappa shape index (κ2) is 14.1. The van der Waals surface area contributed by atoms with Crippen molar-refractivity contribution in [2.45, 2.75) is 19.4 Å². The maximum absolute atomic E-state index is 5.50. The molecule has 0 heterocycles. The molecular formula is C18H33IN4O2. The third-order valence-electron chi connectivity index (χ3n) is 3.77. The summed E-state index contributed by atoms with van der Waals surface area (Å²) in [5.74, 6) is 1.70. The molecule has 1 aromatic carbocycles. The Morgan fingerprint density at radius 1 is 1.24 bits per heavy atom. The van der Waals surface area contributed by atoms with E-state index in [1.807, 2.05) is 25.1 Å². The van der Waals surface area contributed by atoms with Gasteiger partial charge in [-0.1, -0.05) is 18.2 Å². The third kappa shape index (κ3) is 8.73. The lowest BCUT2D eigenvalue weighted by molar-refractivity contribution is 0.145. The lowest BCUT2D eigenvalue weighted by Gasteiger charge is -2.27. The molecule has 25 heavy (non-hydrogen) atoms. The Morgan fingerprint density at radius 3 is 2.56 bits per heavy atom. The van der Waals surface area contributed by atoms with E-state index >= 15 is 0 Å². The Kier molecular flexibility index (Phi) is 13.5. The summed E-state index contributed by atoms with van der Waals surface area (Å²) in [6, 6.07) is 8.30. The fourth-order valence-electron chi connectivity index (χ4n) is 2.45. The normalized spacial score (nSPS) is 12.5. The number of nitrogens with one attached hydrogen (secondary N) is 2. The van der Waals surface area contributed by atoms with E-state index < -0.39 is 0 Å². The summed E-state index contributed by atoms with van der Waals surface area (Å²) in [7, 11) is 7.62. The maximum Gasteiger partial charge on any atom is 0.191 e. The number of methoxy groups -OCH3 is 1. The van der Waals surface area contributed by atoms with Crippen molar-refractivity contribution in [2.75, 3.05) is 54.6 Å². The van der Waals surface area contributed by atoms with E-state index in [-0.39, 0.29) is 30.0 Å². The zero-order chi connectivity index (χ0) is 17.8. The molecule has 2 N–H and O–H groups in total. The Hall–Kier alpha value is -1.06. The number of benzene rings is 1. The van der Waals surface area contributed by atoms with E-state index in [0.29, 0.717) is 0 Å². The van der Waals surface area contributed by atoms with Gasteiger partial charge in [-0.15, -0.1) is 24.0 Å². The van der Waals surface area contributed by atoms with Crippen LogP contribution in [-0.4, -0.2) is 65.4 Å². The SMILES string of the molecule is CCOCCCNC(=NC)NCC(c1ccccc1OC)N(C)C.I. The minimum Gasteiger partial charge on any atom is -0.496 e. The van der Waals surface area contributed by atoms with Crippen LogP contribution in [0.15, 0.2) is 29.3 Å². The highest BCUT2D eigenvalue weighted by molar-refractivity contribution is 14.0. The quantitative estimate of drug-likeness (QED) is 0.241. The van der Waals surface area contributed by atoms with Crippen molar-refractivity contribution in [1.82, 2.24) is 15.5 Å². The van der Waals surface area contributed by atoms with Crippen LogP contribution in [0.5, 0.6) is 5.75 Å². The van der Waals surface area contributed by atoms with Gasteiger partial charge in [0, 0.05) is 38.9 Å². The molecule has 6 nitrogen and oxygen atoms in total. The molecular weight excluding hydrogens is 431 g/mol. The van der Waals surface area contributed by atoms with E-state index in [0.717, 1.165) is 50.0 Å². The van der Waals surface area contributed by atoms with Crippen molar-refractivity contribution < 1.29 is 9.47 Å². The molecule has 1 atom stereocenters. The predicted octanol–water partition coefficient (Wildman–Crippen LogP) is 2.51. The van der Waals surface area contributed by atoms with Crippen molar-refractivity contribution in [2.24, 2.45) is 4.99 Å². The molecule has 0 radical (unpaired) electrons. The van der Waals surface area contributed by atoms with Crippen molar-refractivity contribution in [3.8, 4) is 5.75 Å². The Bertz CT molecular complexity index is 498. The molecule has 0 saturated heterocycles. The first-order valence-corrected chi connectivity index (χ1v) is 8.45. The molecule has 0 amide bonds. The van der Waals surface area contributed by atoms with E-state index in [4.69, 9.17) is 9.47 Å². The summed E-state index contributed by atoms with van der Waals surface area (Å²) in [5.41, 5.74) is 1.16. The minimum absolute atomic E-state index is 0. The summed E-state index contributed by atoms with van der Waals surface area (Å²) in [5, 5.41) is 6.70. The van der Waals surface area contributed by atoms with Gasteiger partial charge in [0.25, 0.3) is 0 Å². The number of guanidine groups is 1. The number of para-hydroxylation sites is 1. The molecule has 1 aromatic rings. The first-order valence-electron chi connectivity index (χ1n) is 8.45. The van der Waals surface area contributed by atoms with Gasteiger partial charge in [-0.2, -0.15) is 0 Å². The van der Waals surface area contributed by atoms with Gasteiger partial charge in [-0.3, -0.25) is 4.99 Å². The summed E-state index contributed by atoms with van der Waals surface area (Å²) in [6.07, 6.45) is 0.957. The largest absolute Gasteiger partial charge is 0.496 e. The van der Waals surface area contributed by atoms with Gasteiger partial charge in [0.15, 0.2) is 5.96 Å². The number of nitrogens with zero attached hydrogens (tertiary/aromatic N) is 2. The molecule has 0 aliphatic heterocycles. The molecule has 0 bridgehead atoms. The summed E-state index contributed by atoms with van der Waals surface area (Å²) in [6.45, 7) is 5.10. The number of likely N-dealkylation sites (N-methyl/N-ethyl adjacent to an activating group) is 1. The van der Waals surface area contributed by atoms with Gasteiger partial charge < -0.3 is 25.0 Å². The number of rotatable bonds is 10. The van der Waals surface area contributed by atoms with Crippen molar-refractivity contribution in [3.63, 3.8) is 0 Å². The van der Waals surface area contributed by atoms with Crippen LogP contribution < -0.4 is 15.4 Å². The molecule has 0 aliphatic carbocycles. The number of hydrogen-bond acceptors (Lipinski definition) is 4. The van der Waals surface area contributed by atoms with Gasteiger partial charge in [-0.05, 0) is 33.5 Å². The van der Waals surface area contributed by atoms with Crippen LogP contribution in [0.3, 0.4) is 0 Å². The maximum atomic E-state index is 5.50. The first-order chi connectivity index (χ1) is 11.6. The monoisotopic (exact) mass is 464 g/mol. The zero-order valence-electron chi connectivity index (χ0n) is 16.0. The molecule has 0 aromatic heterocycles. The smallest absolute Gasteiger partial charge is 0.191 e. The average molecular weight is 464 g/mol. The van der Waals surface area contributed by atoms with Crippen LogP contribution in [-0.2, 0) is 4.74 Å². The molecule has 1 rings (SSSR count). The molecule has 0 spiro atoms. The van der Waals surface area contributed by atoms with Crippen molar-refractivity contribution >= 4 is 29.9 Å². The fourth-order valence-corrected chi connectivity index (χ4v) is 2.45. The zero-order valence-corrected chi connectivity index (χ0v) is 18.4. The molecule has 0 aliphatic rings. The number of halogens is 1. The topological polar surface area (TPSA) is 58.1 Å². The summed E-state index contributed by atoms with van der Waals surface area (Å²) >= 11 is 0. The predicted molar refractivity (Wildman–Crippen MR) is 115 cm³/mol. The summed E-state index contributed by atoms with van der Waals surface area (Å²) in [4.78, 5) is 6.45. The summed E-state index contributed by atoms with van der Waals surface area (Å²) < 4.78 is 10.8. The van der Waals surface area contributed by atoms with Crippen molar-refractivity contribution in [3.05, 3.63) is 29.8 Å². The van der Waals surface area contributed by atoms with E-state index in [1.165, 1.54) is 0 Å². The second-order valence-corrected chi connectivity index (χ2v) is 5.65. The molecule has 0 saturated carbocycles. The van der Waals surface area contributed by atoms with E-state index in [9.17, 15) is 0 Å². The molecule has 7 heteroatoms. The minimum atomic E-state index is 0. The third-order valence-corrected chi connectivity index (χ3v) is 3.77. The molecule has 0 fully saturated rings. The number of aliphatic imine (C=N–C) groups is 1. The Balaban J connectivity index is 0.00000576. The fraction of sp³-hybridized carbons (Fsp3) is 0.611. The highest BCUT2D eigenvalue weighted by atomic mass is 127. The van der Waals surface area contributed by atoms with Gasteiger partial charge in [0.2, 0.25) is 0 Å². The van der Waals surface area contributed by atoms with Crippen LogP contribution in [0.25, 0.3) is 0 Å². The van der Waals surface area contributed by atoms with Crippen molar-refractivity contribution in [1.29, 1.82) is 0 Å². The van der Waals surface area contributed by atoms with Crippen LogP contribution in [0.4, 0.5) is 0 Å². The Morgan fingerprint density at radius 2 is 1.96 bits per heavy atom. The molecule has 1 unspecified atom stereocenters. The van der Waals surface area contributed by atoms with Gasteiger partial charge in [-0.25, -0.2) is 0 Å². The lowest BCUT2D eigenvalue weighted by Crippen LogP contribution is -2.42.